The molecule has 0 aliphatic rings. The van der Waals surface area contributed by atoms with Crippen LogP contribution >= 0.6 is 11.6 Å². The fourth-order valence-corrected chi connectivity index (χ4v) is 2.42. The largest absolute Gasteiger partial charge is 0.416 e. The van der Waals surface area contributed by atoms with Crippen LogP contribution in [0.1, 0.15) is 11.1 Å². The van der Waals surface area contributed by atoms with Crippen LogP contribution in [0.2, 0.25) is 0 Å². The van der Waals surface area contributed by atoms with Crippen LogP contribution in [0.4, 0.5) is 32.2 Å². The van der Waals surface area contributed by atoms with E-state index in [-0.39, 0.29) is 11.9 Å². The van der Waals surface area contributed by atoms with Gasteiger partial charge in [0.15, 0.2) is 11.6 Å². The minimum atomic E-state index is -5.02. The van der Waals surface area contributed by atoms with Gasteiger partial charge in [-0.1, -0.05) is 11.6 Å². The average molecular weight is 478 g/mol. The number of alkyl halides is 6. The molecule has 0 saturated heterocycles. The smallest absolute Gasteiger partial charge is 0.280 e. The molecular weight excluding hydrogens is 468 g/mol. The quantitative estimate of drug-likeness (QED) is 0.328. The molecule has 0 fully saturated rings. The molecule has 0 aliphatic heterocycles. The molecule has 8 nitrogen and oxygen atoms in total. The number of halogens is 7. The Labute approximate surface area is 179 Å². The van der Waals surface area contributed by atoms with Gasteiger partial charge < -0.3 is 0 Å². The van der Waals surface area contributed by atoms with Crippen LogP contribution in [0.5, 0.6) is 0 Å². The van der Waals surface area contributed by atoms with Crippen molar-refractivity contribution in [3.8, 4) is 11.4 Å². The Hall–Kier alpha value is -3.68. The van der Waals surface area contributed by atoms with Crippen molar-refractivity contribution in [2.45, 2.75) is 12.4 Å². The zero-order valence-corrected chi connectivity index (χ0v) is 16.2. The van der Waals surface area contributed by atoms with Crippen molar-refractivity contribution >= 4 is 29.5 Å². The van der Waals surface area contributed by atoms with Crippen LogP contribution in [0.3, 0.4) is 0 Å². The van der Waals surface area contributed by atoms with Crippen LogP contribution in [-0.2, 0) is 17.1 Å². The van der Waals surface area contributed by atoms with E-state index in [1.165, 1.54) is 18.6 Å². The Morgan fingerprint density at radius 2 is 1.66 bits per heavy atom. The van der Waals surface area contributed by atoms with Crippen molar-refractivity contribution in [1.82, 2.24) is 30.2 Å². The summed E-state index contributed by atoms with van der Waals surface area (Å²) in [6.45, 7) is 0. The third kappa shape index (κ3) is 5.72. The van der Waals surface area contributed by atoms with Gasteiger partial charge in [0.25, 0.3) is 5.91 Å². The predicted octanol–water partition coefficient (Wildman–Crippen LogP) is 3.95. The third-order valence-electron chi connectivity index (χ3n) is 3.68. The molecule has 0 spiro atoms. The van der Waals surface area contributed by atoms with E-state index in [0.717, 1.165) is 17.2 Å². The topological polar surface area (TPSA) is 97.6 Å². The summed E-state index contributed by atoms with van der Waals surface area (Å²) in [7, 11) is 0. The Morgan fingerprint density at radius 1 is 1.00 bits per heavy atom. The highest BCUT2D eigenvalue weighted by Crippen LogP contribution is 2.38. The standard InChI is InChI=1S/C17H10ClF6N7O/c18-12(15(32)29-28-13-6-25-1-2-26-13)7-31-8-27-14(30-31)9-3-10(16(19,20)21)5-11(4-9)17(22,23)24/h1-8H,(H,26,28)(H,29,32). The van der Waals surface area contributed by atoms with E-state index >= 15 is 0 Å². The molecule has 0 radical (unpaired) electrons. The number of hydrogen-bond donors (Lipinski definition) is 2. The van der Waals surface area contributed by atoms with Gasteiger partial charge >= 0.3 is 12.4 Å². The van der Waals surface area contributed by atoms with Gasteiger partial charge in [0.2, 0.25) is 0 Å². The summed E-state index contributed by atoms with van der Waals surface area (Å²) in [6.07, 6.45) is -4.05. The number of hydrogen-bond acceptors (Lipinski definition) is 6. The minimum Gasteiger partial charge on any atom is -0.280 e. The number of nitrogens with one attached hydrogen (secondary N) is 2. The predicted molar refractivity (Wildman–Crippen MR) is 99.4 cm³/mol. The van der Waals surface area contributed by atoms with Crippen molar-refractivity contribution < 1.29 is 31.1 Å². The molecule has 1 aromatic carbocycles. The van der Waals surface area contributed by atoms with E-state index in [0.29, 0.717) is 12.1 Å². The summed E-state index contributed by atoms with van der Waals surface area (Å²) in [5.41, 5.74) is 1.08. The summed E-state index contributed by atoms with van der Waals surface area (Å²) in [5.74, 6) is -1.08. The molecule has 15 heteroatoms. The van der Waals surface area contributed by atoms with Gasteiger partial charge in [0.1, 0.15) is 11.4 Å². The molecule has 2 heterocycles. The van der Waals surface area contributed by atoms with Gasteiger partial charge in [-0.3, -0.25) is 20.6 Å². The van der Waals surface area contributed by atoms with E-state index in [4.69, 9.17) is 11.6 Å². The van der Waals surface area contributed by atoms with Gasteiger partial charge in [-0.15, -0.1) is 5.10 Å². The highest BCUT2D eigenvalue weighted by molar-refractivity contribution is 6.43. The first-order chi connectivity index (χ1) is 14.9. The number of hydrazine groups is 1. The maximum Gasteiger partial charge on any atom is 0.416 e. The first-order valence-corrected chi connectivity index (χ1v) is 8.72. The SMILES string of the molecule is O=C(NNc1cnccn1)C(Cl)=Cn1cnc(-c2cc(C(F)(F)F)cc(C(F)(F)F)c2)n1. The van der Waals surface area contributed by atoms with Crippen molar-refractivity contribution in [2.75, 3.05) is 5.43 Å². The second kappa shape index (κ2) is 8.82. The Kier molecular flexibility index (Phi) is 6.34. The fraction of sp³-hybridized carbons (Fsp3) is 0.118. The number of nitrogens with zero attached hydrogens (tertiary/aromatic N) is 5. The average Bonchev–Trinajstić information content (AvgIpc) is 3.19. The molecule has 32 heavy (non-hydrogen) atoms. The number of rotatable bonds is 5. The lowest BCUT2D eigenvalue weighted by Gasteiger charge is -2.13. The number of carbonyl (C=O) groups excluding carboxylic acids is 1. The van der Waals surface area contributed by atoms with E-state index in [9.17, 15) is 31.1 Å². The second-order valence-corrected chi connectivity index (χ2v) is 6.40. The number of benzene rings is 1. The van der Waals surface area contributed by atoms with E-state index in [1.807, 2.05) is 0 Å². The summed E-state index contributed by atoms with van der Waals surface area (Å²) in [4.78, 5) is 23.3. The van der Waals surface area contributed by atoms with Crippen molar-refractivity contribution in [3.05, 3.63) is 59.3 Å². The normalized spacial score (nSPS) is 12.5. The van der Waals surface area contributed by atoms with Crippen LogP contribution in [0, 0.1) is 0 Å². The summed E-state index contributed by atoms with van der Waals surface area (Å²) in [6, 6.07) is 0.960. The molecule has 1 amide bonds. The maximum absolute atomic E-state index is 13.0. The first kappa shape index (κ1) is 23.0. The van der Waals surface area contributed by atoms with Gasteiger partial charge in [-0.2, -0.15) is 26.3 Å². The van der Waals surface area contributed by atoms with E-state index in [1.54, 1.807) is 0 Å². The Morgan fingerprint density at radius 3 is 2.22 bits per heavy atom. The lowest BCUT2D eigenvalue weighted by Crippen LogP contribution is -2.30. The molecule has 0 bridgehead atoms. The number of carbonyl (C=O) groups is 1. The third-order valence-corrected chi connectivity index (χ3v) is 3.95. The highest BCUT2D eigenvalue weighted by atomic mass is 35.5. The van der Waals surface area contributed by atoms with Crippen LogP contribution in [0.25, 0.3) is 17.6 Å². The van der Waals surface area contributed by atoms with Gasteiger partial charge in [-0.05, 0) is 18.2 Å². The van der Waals surface area contributed by atoms with Gasteiger partial charge in [0, 0.05) is 18.0 Å². The summed E-state index contributed by atoms with van der Waals surface area (Å²) >= 11 is 5.84. The highest BCUT2D eigenvalue weighted by Gasteiger charge is 2.37. The van der Waals surface area contributed by atoms with Gasteiger partial charge in [0.05, 0.1) is 23.5 Å². The summed E-state index contributed by atoms with van der Waals surface area (Å²) in [5, 5.41) is 3.32. The van der Waals surface area contributed by atoms with Gasteiger partial charge in [-0.25, -0.2) is 14.6 Å². The molecule has 3 rings (SSSR count). The second-order valence-electron chi connectivity index (χ2n) is 5.99. The van der Waals surface area contributed by atoms with Crippen LogP contribution < -0.4 is 10.9 Å². The lowest BCUT2D eigenvalue weighted by molar-refractivity contribution is -0.143. The molecule has 0 atom stereocenters. The molecule has 2 aromatic heterocycles. The lowest BCUT2D eigenvalue weighted by atomic mass is 10.0. The zero-order valence-electron chi connectivity index (χ0n) is 15.4. The Balaban J connectivity index is 1.82. The van der Waals surface area contributed by atoms with Crippen LogP contribution in [0.15, 0.2) is 48.1 Å². The molecular formula is C17H10ClF6N7O. The molecule has 0 aliphatic carbocycles. The number of aromatic nitrogens is 5. The number of amides is 1. The van der Waals surface area contributed by atoms with Crippen molar-refractivity contribution in [1.29, 1.82) is 0 Å². The minimum absolute atomic E-state index is 0.00822. The monoisotopic (exact) mass is 477 g/mol. The zero-order chi connectivity index (χ0) is 23.5. The molecule has 0 unspecified atom stereocenters. The number of anilines is 1. The molecule has 0 saturated carbocycles. The van der Waals surface area contributed by atoms with Crippen molar-refractivity contribution in [3.63, 3.8) is 0 Å². The molecule has 168 valence electrons. The van der Waals surface area contributed by atoms with Crippen LogP contribution in [-0.4, -0.2) is 30.6 Å². The fourth-order valence-electron chi connectivity index (χ4n) is 2.27. The first-order valence-electron chi connectivity index (χ1n) is 8.34. The van der Waals surface area contributed by atoms with E-state index < -0.39 is 45.8 Å². The van der Waals surface area contributed by atoms with Crippen molar-refractivity contribution in [2.24, 2.45) is 0 Å². The molecule has 3 aromatic rings. The van der Waals surface area contributed by atoms with E-state index in [2.05, 4.69) is 30.9 Å². The maximum atomic E-state index is 13.0. The molecule has 2 N–H and O–H groups in total. The Bertz CT molecular complexity index is 1110. The summed E-state index contributed by atoms with van der Waals surface area (Å²) < 4.78 is 78.9.